The van der Waals surface area contributed by atoms with Crippen LogP contribution in [0.15, 0.2) is 115 Å². The predicted octanol–water partition coefficient (Wildman–Crippen LogP) is 8.42. The Hall–Kier alpha value is -3.98. The van der Waals surface area contributed by atoms with Gasteiger partial charge in [0.15, 0.2) is 0 Å². The van der Waals surface area contributed by atoms with E-state index in [9.17, 15) is 0 Å². The molecule has 0 radical (unpaired) electrons. The van der Waals surface area contributed by atoms with Gasteiger partial charge in [-0.25, -0.2) is 0 Å². The fourth-order valence-corrected chi connectivity index (χ4v) is 5.64. The second kappa shape index (κ2) is 10.6. The first-order chi connectivity index (χ1) is 18.3. The van der Waals surface area contributed by atoms with Crippen LogP contribution in [-0.2, 0) is 13.2 Å². The van der Waals surface area contributed by atoms with Crippen molar-refractivity contribution in [3.05, 3.63) is 137 Å². The highest BCUT2D eigenvalue weighted by atomic mass is 16.5. The molecule has 1 fully saturated rings. The van der Waals surface area contributed by atoms with E-state index < -0.39 is 0 Å². The van der Waals surface area contributed by atoms with Gasteiger partial charge < -0.3 is 14.2 Å². The van der Waals surface area contributed by atoms with Crippen molar-refractivity contribution in [2.75, 3.05) is 0 Å². The van der Waals surface area contributed by atoms with E-state index in [0.717, 1.165) is 30.1 Å². The number of ether oxygens (including phenoxy) is 3. The Morgan fingerprint density at radius 3 is 2.00 bits per heavy atom. The first kappa shape index (κ1) is 23.4. The highest BCUT2D eigenvalue weighted by Crippen LogP contribution is 2.56. The van der Waals surface area contributed by atoms with Crippen molar-refractivity contribution in [2.24, 2.45) is 5.92 Å². The maximum Gasteiger partial charge on any atom is 0.127 e. The lowest BCUT2D eigenvalue weighted by Crippen LogP contribution is -2.26. The molecular weight excluding hydrogens is 456 g/mol. The molecule has 0 aromatic heterocycles. The van der Waals surface area contributed by atoms with E-state index in [1.165, 1.54) is 27.8 Å². The first-order valence-electron chi connectivity index (χ1n) is 13.1. The van der Waals surface area contributed by atoms with E-state index in [1.54, 1.807) is 0 Å². The zero-order valence-corrected chi connectivity index (χ0v) is 21.2. The van der Waals surface area contributed by atoms with Gasteiger partial charge in [0, 0.05) is 11.5 Å². The Morgan fingerprint density at radius 1 is 0.730 bits per heavy atom. The minimum absolute atomic E-state index is 0.0224. The number of fused-ring (bicyclic) bond motifs is 3. The summed E-state index contributed by atoms with van der Waals surface area (Å²) < 4.78 is 18.9. The van der Waals surface area contributed by atoms with Crippen LogP contribution in [0.25, 0.3) is 0 Å². The third kappa shape index (κ3) is 5.13. The fraction of sp³-hybridized carbons (Fsp3) is 0.235. The third-order valence-corrected chi connectivity index (χ3v) is 7.63. The molecule has 2 aliphatic rings. The highest BCUT2D eigenvalue weighted by molar-refractivity contribution is 5.48. The monoisotopic (exact) mass is 488 g/mol. The third-order valence-electron chi connectivity index (χ3n) is 7.63. The summed E-state index contributed by atoms with van der Waals surface area (Å²) in [5.41, 5.74) is 6.32. The molecule has 4 aromatic carbocycles. The molecule has 186 valence electrons. The molecule has 1 aliphatic heterocycles. The Morgan fingerprint density at radius 2 is 1.35 bits per heavy atom. The lowest BCUT2D eigenvalue weighted by atomic mass is 9.80. The Labute approximate surface area is 219 Å². The fourth-order valence-electron chi connectivity index (χ4n) is 5.64. The molecule has 0 amide bonds. The molecular formula is C34H32O3. The van der Waals surface area contributed by atoms with Crippen LogP contribution in [0.4, 0.5) is 0 Å². The van der Waals surface area contributed by atoms with Gasteiger partial charge in [-0.2, -0.15) is 0 Å². The molecule has 3 atom stereocenters. The SMILES string of the molecule is CC=C1CC2c3cc(OCc4ccccc4)ccc3OC(c3ccc(OCc4ccccc4)cc3)C2C1. The van der Waals surface area contributed by atoms with Gasteiger partial charge in [0.25, 0.3) is 0 Å². The lowest BCUT2D eigenvalue weighted by molar-refractivity contribution is 0.104. The molecule has 1 aliphatic carbocycles. The molecule has 3 heteroatoms. The number of rotatable bonds is 7. The van der Waals surface area contributed by atoms with Gasteiger partial charge in [-0.15, -0.1) is 0 Å². The first-order valence-corrected chi connectivity index (χ1v) is 13.1. The molecule has 0 spiro atoms. The summed E-state index contributed by atoms with van der Waals surface area (Å²) in [6.45, 7) is 3.29. The largest absolute Gasteiger partial charge is 0.489 e. The summed E-state index contributed by atoms with van der Waals surface area (Å²) >= 11 is 0. The molecule has 1 heterocycles. The van der Waals surface area contributed by atoms with E-state index in [-0.39, 0.29) is 6.10 Å². The van der Waals surface area contributed by atoms with Crippen molar-refractivity contribution in [3.63, 3.8) is 0 Å². The molecule has 3 nitrogen and oxygen atoms in total. The van der Waals surface area contributed by atoms with Crippen molar-refractivity contribution >= 4 is 0 Å². The zero-order chi connectivity index (χ0) is 25.0. The van der Waals surface area contributed by atoms with Gasteiger partial charge >= 0.3 is 0 Å². The normalized spacial score (nSPS) is 21.1. The van der Waals surface area contributed by atoms with Crippen LogP contribution < -0.4 is 14.2 Å². The standard InChI is InChI=1S/C34H32O3/c1-2-24-19-30-31-21-29(36-23-26-11-7-4-8-12-26)17-18-33(31)37-34(32(30)20-24)27-13-15-28(16-14-27)35-22-25-9-5-3-6-10-25/h2-18,21,30,32,34H,19-20,22-23H2,1H3. The quantitative estimate of drug-likeness (QED) is 0.244. The highest BCUT2D eigenvalue weighted by Gasteiger charge is 2.43. The van der Waals surface area contributed by atoms with E-state index >= 15 is 0 Å². The van der Waals surface area contributed by atoms with Crippen LogP contribution in [0.5, 0.6) is 17.2 Å². The van der Waals surface area contributed by atoms with Crippen LogP contribution >= 0.6 is 0 Å². The number of benzene rings is 4. The van der Waals surface area contributed by atoms with E-state index in [4.69, 9.17) is 14.2 Å². The number of hydrogen-bond acceptors (Lipinski definition) is 3. The molecule has 3 unspecified atom stereocenters. The second-order valence-corrected chi connectivity index (χ2v) is 9.98. The van der Waals surface area contributed by atoms with Crippen molar-refractivity contribution < 1.29 is 14.2 Å². The van der Waals surface area contributed by atoms with Crippen LogP contribution in [0, 0.1) is 5.92 Å². The number of allylic oxidation sites excluding steroid dienone is 2. The van der Waals surface area contributed by atoms with Crippen molar-refractivity contribution in [1.82, 2.24) is 0 Å². The average Bonchev–Trinajstić information content (AvgIpc) is 3.41. The van der Waals surface area contributed by atoms with Gasteiger partial charge in [0.05, 0.1) is 0 Å². The van der Waals surface area contributed by atoms with Crippen molar-refractivity contribution in [2.45, 2.75) is 45.0 Å². The van der Waals surface area contributed by atoms with Crippen LogP contribution in [0.2, 0.25) is 0 Å². The Bertz CT molecular complexity index is 1360. The van der Waals surface area contributed by atoms with Gasteiger partial charge in [-0.1, -0.05) is 84.4 Å². The zero-order valence-electron chi connectivity index (χ0n) is 21.2. The lowest BCUT2D eigenvalue weighted by Gasteiger charge is -2.36. The smallest absolute Gasteiger partial charge is 0.127 e. The summed E-state index contributed by atoms with van der Waals surface area (Å²) in [7, 11) is 0. The van der Waals surface area contributed by atoms with Gasteiger partial charge in [0.2, 0.25) is 0 Å². The van der Waals surface area contributed by atoms with Gasteiger partial charge in [-0.05, 0) is 72.7 Å². The molecule has 4 aromatic rings. The molecule has 0 N–H and O–H groups in total. The van der Waals surface area contributed by atoms with Gasteiger partial charge in [-0.3, -0.25) is 0 Å². The summed E-state index contributed by atoms with van der Waals surface area (Å²) in [6, 6.07) is 35.3. The molecule has 37 heavy (non-hydrogen) atoms. The minimum atomic E-state index is 0.0224. The van der Waals surface area contributed by atoms with Crippen LogP contribution in [0.3, 0.4) is 0 Å². The van der Waals surface area contributed by atoms with Crippen LogP contribution in [0.1, 0.15) is 54.0 Å². The average molecular weight is 489 g/mol. The van der Waals surface area contributed by atoms with Gasteiger partial charge in [0.1, 0.15) is 36.6 Å². The molecule has 1 saturated carbocycles. The van der Waals surface area contributed by atoms with E-state index in [2.05, 4.69) is 73.7 Å². The minimum Gasteiger partial charge on any atom is -0.489 e. The molecule has 0 saturated heterocycles. The maximum absolute atomic E-state index is 6.69. The summed E-state index contributed by atoms with van der Waals surface area (Å²) in [5.74, 6) is 3.58. The molecule has 0 bridgehead atoms. The number of hydrogen-bond donors (Lipinski definition) is 0. The predicted molar refractivity (Wildman–Crippen MR) is 147 cm³/mol. The van der Waals surface area contributed by atoms with Crippen LogP contribution in [-0.4, -0.2) is 0 Å². The summed E-state index contributed by atoms with van der Waals surface area (Å²) in [5, 5.41) is 0. The summed E-state index contributed by atoms with van der Waals surface area (Å²) in [6.07, 6.45) is 4.45. The maximum atomic E-state index is 6.69. The molecule has 6 rings (SSSR count). The topological polar surface area (TPSA) is 27.7 Å². The van der Waals surface area contributed by atoms with Crippen molar-refractivity contribution in [3.8, 4) is 17.2 Å². The second-order valence-electron chi connectivity index (χ2n) is 9.98. The Balaban J connectivity index is 1.21. The van der Waals surface area contributed by atoms with E-state index in [0.29, 0.717) is 25.0 Å². The van der Waals surface area contributed by atoms with Crippen molar-refractivity contribution in [1.29, 1.82) is 0 Å². The summed E-state index contributed by atoms with van der Waals surface area (Å²) in [4.78, 5) is 0. The van der Waals surface area contributed by atoms with E-state index in [1.807, 2.05) is 42.5 Å². The Kier molecular flexibility index (Phi) is 6.68.